The zero-order valence-corrected chi connectivity index (χ0v) is 17.3. The van der Waals surface area contributed by atoms with Gasteiger partial charge >= 0.3 is 0 Å². The summed E-state index contributed by atoms with van der Waals surface area (Å²) < 4.78 is 5.91. The van der Waals surface area contributed by atoms with Gasteiger partial charge in [0.15, 0.2) is 5.82 Å². The maximum absolute atomic E-state index is 9.66. The minimum absolute atomic E-state index is 0.218. The average molecular weight is 412 g/mol. The zero-order valence-electron chi connectivity index (χ0n) is 17.3. The highest BCUT2D eigenvalue weighted by Gasteiger charge is 2.23. The molecule has 0 spiro atoms. The molecule has 1 fully saturated rings. The molecular weight excluding hydrogens is 386 g/mol. The van der Waals surface area contributed by atoms with Crippen molar-refractivity contribution < 1.29 is 9.84 Å². The number of hydrogen-bond donors (Lipinski definition) is 1. The number of ether oxygens (including phenoxy) is 1. The van der Waals surface area contributed by atoms with Gasteiger partial charge in [-0.15, -0.1) is 0 Å². The van der Waals surface area contributed by atoms with Crippen LogP contribution >= 0.6 is 0 Å². The van der Waals surface area contributed by atoms with Gasteiger partial charge in [-0.05, 0) is 67.3 Å². The Morgan fingerprint density at radius 3 is 2.42 bits per heavy atom. The molecule has 1 saturated heterocycles. The fourth-order valence-corrected chi connectivity index (χ4v) is 4.13. The van der Waals surface area contributed by atoms with Crippen molar-refractivity contribution in [2.45, 2.75) is 12.8 Å². The van der Waals surface area contributed by atoms with E-state index in [0.717, 1.165) is 59.7 Å². The molecule has 0 radical (unpaired) electrons. The highest BCUT2D eigenvalue weighted by Crippen LogP contribution is 2.31. The molecule has 1 atom stereocenters. The van der Waals surface area contributed by atoms with Crippen molar-refractivity contribution in [2.24, 2.45) is 5.92 Å². The Balaban J connectivity index is 1.48. The molecule has 1 aliphatic heterocycles. The number of aliphatic hydroxyl groups excluding tert-OH is 1. The SMILES string of the molecule is OCC1CCCN(c2nc(-c3ccc(Oc4ccccc4)cc3)nc3ccccc23)C1. The van der Waals surface area contributed by atoms with E-state index in [1.54, 1.807) is 0 Å². The largest absolute Gasteiger partial charge is 0.457 e. The molecule has 5 nitrogen and oxygen atoms in total. The maximum atomic E-state index is 9.66. The van der Waals surface area contributed by atoms with Crippen LogP contribution in [0.3, 0.4) is 0 Å². The van der Waals surface area contributed by atoms with Gasteiger partial charge in [0.2, 0.25) is 0 Å². The fraction of sp³-hybridized carbons (Fsp3) is 0.231. The molecule has 31 heavy (non-hydrogen) atoms. The Labute approximate surface area is 182 Å². The van der Waals surface area contributed by atoms with Crippen molar-refractivity contribution in [1.82, 2.24) is 9.97 Å². The third kappa shape index (κ3) is 4.23. The fourth-order valence-electron chi connectivity index (χ4n) is 4.13. The van der Waals surface area contributed by atoms with E-state index in [9.17, 15) is 5.11 Å². The molecule has 4 aromatic rings. The average Bonchev–Trinajstić information content (AvgIpc) is 2.84. The number of aromatic nitrogens is 2. The van der Waals surface area contributed by atoms with Crippen molar-refractivity contribution in [3.05, 3.63) is 78.9 Å². The molecule has 0 aliphatic carbocycles. The van der Waals surface area contributed by atoms with Crippen LogP contribution in [-0.4, -0.2) is 34.8 Å². The molecule has 2 heterocycles. The van der Waals surface area contributed by atoms with Gasteiger partial charge in [0.05, 0.1) is 5.52 Å². The van der Waals surface area contributed by atoms with E-state index in [-0.39, 0.29) is 6.61 Å². The number of benzene rings is 3. The Bertz CT molecular complexity index is 1160. The zero-order chi connectivity index (χ0) is 21.0. The van der Waals surface area contributed by atoms with Gasteiger partial charge in [-0.3, -0.25) is 0 Å². The minimum atomic E-state index is 0.218. The van der Waals surface area contributed by atoms with Crippen molar-refractivity contribution >= 4 is 16.7 Å². The number of aliphatic hydroxyl groups is 1. The second kappa shape index (κ2) is 8.74. The summed E-state index contributed by atoms with van der Waals surface area (Å²) in [6.45, 7) is 1.98. The number of fused-ring (bicyclic) bond motifs is 1. The smallest absolute Gasteiger partial charge is 0.162 e. The monoisotopic (exact) mass is 411 g/mol. The molecular formula is C26H25N3O2. The summed E-state index contributed by atoms with van der Waals surface area (Å²) in [5.41, 5.74) is 1.88. The Hall–Kier alpha value is -3.44. The molecule has 156 valence electrons. The molecule has 3 aromatic carbocycles. The quantitative estimate of drug-likeness (QED) is 0.483. The first-order valence-electron chi connectivity index (χ1n) is 10.8. The molecule has 5 rings (SSSR count). The summed E-state index contributed by atoms with van der Waals surface area (Å²) in [7, 11) is 0. The van der Waals surface area contributed by atoms with Crippen molar-refractivity contribution in [1.29, 1.82) is 0 Å². The Morgan fingerprint density at radius 2 is 1.61 bits per heavy atom. The number of nitrogens with zero attached hydrogens (tertiary/aromatic N) is 3. The number of hydrogen-bond acceptors (Lipinski definition) is 5. The number of rotatable bonds is 5. The molecule has 1 N–H and O–H groups in total. The summed E-state index contributed by atoms with van der Waals surface area (Å²) in [6, 6.07) is 25.8. The van der Waals surface area contributed by atoms with E-state index < -0.39 is 0 Å². The lowest BCUT2D eigenvalue weighted by molar-refractivity contribution is 0.208. The van der Waals surface area contributed by atoms with Gasteiger partial charge in [0.1, 0.15) is 17.3 Å². The van der Waals surface area contributed by atoms with Crippen LogP contribution < -0.4 is 9.64 Å². The molecule has 1 unspecified atom stereocenters. The maximum Gasteiger partial charge on any atom is 0.162 e. The van der Waals surface area contributed by atoms with Crippen molar-refractivity contribution in [3.63, 3.8) is 0 Å². The molecule has 1 aliphatic rings. The first-order valence-corrected chi connectivity index (χ1v) is 10.8. The van der Waals surface area contributed by atoms with E-state index in [4.69, 9.17) is 14.7 Å². The minimum Gasteiger partial charge on any atom is -0.457 e. The van der Waals surface area contributed by atoms with E-state index in [2.05, 4.69) is 11.0 Å². The Morgan fingerprint density at radius 1 is 0.871 bits per heavy atom. The molecule has 0 saturated carbocycles. The van der Waals surface area contributed by atoms with Gasteiger partial charge < -0.3 is 14.7 Å². The number of anilines is 1. The summed E-state index contributed by atoms with van der Waals surface area (Å²) >= 11 is 0. The van der Waals surface area contributed by atoms with E-state index in [0.29, 0.717) is 11.7 Å². The van der Waals surface area contributed by atoms with Crippen LogP contribution in [0.15, 0.2) is 78.9 Å². The number of piperidine rings is 1. The van der Waals surface area contributed by atoms with Gasteiger partial charge in [-0.1, -0.05) is 30.3 Å². The van der Waals surface area contributed by atoms with Gasteiger partial charge in [-0.25, -0.2) is 9.97 Å². The third-order valence-corrected chi connectivity index (χ3v) is 5.75. The van der Waals surface area contributed by atoms with Crippen molar-refractivity contribution in [2.75, 3.05) is 24.6 Å². The van der Waals surface area contributed by atoms with Crippen LogP contribution in [0.1, 0.15) is 12.8 Å². The highest BCUT2D eigenvalue weighted by atomic mass is 16.5. The normalized spacial score (nSPS) is 16.4. The van der Waals surface area contributed by atoms with Crippen molar-refractivity contribution in [3.8, 4) is 22.9 Å². The lowest BCUT2D eigenvalue weighted by atomic mass is 9.99. The van der Waals surface area contributed by atoms with Crippen LogP contribution in [0.5, 0.6) is 11.5 Å². The second-order valence-corrected chi connectivity index (χ2v) is 7.96. The van der Waals surface area contributed by atoms with Crippen LogP contribution in [0.4, 0.5) is 5.82 Å². The topological polar surface area (TPSA) is 58.5 Å². The first-order chi connectivity index (χ1) is 15.3. The summed E-state index contributed by atoms with van der Waals surface area (Å²) in [4.78, 5) is 12.1. The summed E-state index contributed by atoms with van der Waals surface area (Å²) in [5.74, 6) is 3.52. The van der Waals surface area contributed by atoms with E-state index >= 15 is 0 Å². The number of para-hydroxylation sites is 2. The lowest BCUT2D eigenvalue weighted by Crippen LogP contribution is -2.37. The molecule has 5 heteroatoms. The Kier molecular flexibility index (Phi) is 5.50. The van der Waals surface area contributed by atoms with Crippen LogP contribution in [-0.2, 0) is 0 Å². The summed E-state index contributed by atoms with van der Waals surface area (Å²) in [5, 5.41) is 10.7. The van der Waals surface area contributed by atoms with E-state index in [1.165, 1.54) is 0 Å². The summed E-state index contributed by atoms with van der Waals surface area (Å²) in [6.07, 6.45) is 2.12. The lowest BCUT2D eigenvalue weighted by Gasteiger charge is -2.33. The van der Waals surface area contributed by atoms with Gasteiger partial charge in [0, 0.05) is 30.6 Å². The molecule has 1 aromatic heterocycles. The standard InChI is InChI=1S/C26H25N3O2/c30-18-19-7-6-16-29(17-19)26-23-10-4-5-11-24(23)27-25(28-26)20-12-14-22(15-13-20)31-21-8-2-1-3-9-21/h1-5,8-15,19,30H,6-7,16-18H2. The van der Waals surface area contributed by atoms with Gasteiger partial charge in [-0.2, -0.15) is 0 Å². The molecule has 0 bridgehead atoms. The predicted molar refractivity (Wildman–Crippen MR) is 124 cm³/mol. The van der Waals surface area contributed by atoms with Crippen LogP contribution in [0.25, 0.3) is 22.3 Å². The molecule has 0 amide bonds. The third-order valence-electron chi connectivity index (χ3n) is 5.75. The first kappa shape index (κ1) is 19.5. The second-order valence-electron chi connectivity index (χ2n) is 7.96. The van der Waals surface area contributed by atoms with Crippen LogP contribution in [0, 0.1) is 5.92 Å². The highest BCUT2D eigenvalue weighted by molar-refractivity contribution is 5.91. The van der Waals surface area contributed by atoms with Gasteiger partial charge in [0.25, 0.3) is 0 Å². The van der Waals surface area contributed by atoms with E-state index in [1.807, 2.05) is 72.8 Å². The van der Waals surface area contributed by atoms with Crippen LogP contribution in [0.2, 0.25) is 0 Å². The predicted octanol–water partition coefficient (Wildman–Crippen LogP) is 5.30.